The summed E-state index contributed by atoms with van der Waals surface area (Å²) in [5.41, 5.74) is 0.0461. The standard InChI is InChI=1S/C23H30F4N4O4/c1-22(2,3)35-21(33)30-19(13-5-7-23(26,27)8-6-13)16-12-31-18(29-16)9-14(11-28-31)15(10-17(24)25)20(32)34-4/h9,11-13,15,17,19H,5-8,10H2,1-4H3,(H,30,33)/t15?,19-/m0/s1. The molecule has 2 atom stereocenters. The molecule has 35 heavy (non-hydrogen) atoms. The van der Waals surface area contributed by atoms with Crippen molar-refractivity contribution in [3.63, 3.8) is 0 Å². The summed E-state index contributed by atoms with van der Waals surface area (Å²) in [6.45, 7) is 5.11. The van der Waals surface area contributed by atoms with Gasteiger partial charge >= 0.3 is 12.1 Å². The van der Waals surface area contributed by atoms with Gasteiger partial charge in [-0.2, -0.15) is 5.10 Å². The van der Waals surface area contributed by atoms with E-state index < -0.39 is 48.4 Å². The highest BCUT2D eigenvalue weighted by Crippen LogP contribution is 2.41. The number of amides is 1. The Bertz CT molecular complexity index is 1040. The van der Waals surface area contributed by atoms with Crippen molar-refractivity contribution >= 4 is 17.7 Å². The zero-order valence-electron chi connectivity index (χ0n) is 20.1. The molecule has 0 aromatic carbocycles. The Hall–Kier alpha value is -2.92. The Morgan fingerprint density at radius 1 is 1.26 bits per heavy atom. The molecule has 1 unspecified atom stereocenters. The van der Waals surface area contributed by atoms with E-state index >= 15 is 0 Å². The molecule has 2 heterocycles. The summed E-state index contributed by atoms with van der Waals surface area (Å²) in [6, 6.07) is 0.712. The third-order valence-electron chi connectivity index (χ3n) is 5.89. The Balaban J connectivity index is 1.93. The molecule has 0 radical (unpaired) electrons. The first-order chi connectivity index (χ1) is 16.3. The third kappa shape index (κ3) is 7.04. The normalized spacial score (nSPS) is 18.3. The van der Waals surface area contributed by atoms with Crippen LogP contribution < -0.4 is 5.32 Å². The summed E-state index contributed by atoms with van der Waals surface area (Å²) < 4.78 is 65.0. The number of nitrogens with zero attached hydrogens (tertiary/aromatic N) is 3. The van der Waals surface area contributed by atoms with Gasteiger partial charge in [-0.05, 0) is 51.2 Å². The van der Waals surface area contributed by atoms with Crippen LogP contribution in [0.1, 0.15) is 76.1 Å². The molecule has 0 saturated heterocycles. The molecule has 0 spiro atoms. The Kier molecular flexibility index (Phi) is 7.90. The average molecular weight is 503 g/mol. The average Bonchev–Trinajstić information content (AvgIpc) is 3.17. The Labute approximate surface area is 200 Å². The summed E-state index contributed by atoms with van der Waals surface area (Å²) in [5, 5.41) is 6.93. The van der Waals surface area contributed by atoms with Crippen molar-refractivity contribution in [2.45, 2.75) is 82.8 Å². The molecule has 2 aromatic heterocycles. The lowest BCUT2D eigenvalue weighted by atomic mass is 9.81. The molecule has 1 N–H and O–H groups in total. The SMILES string of the molecule is COC(=O)C(CC(F)F)c1cnn2cc([C@@H](NC(=O)OC(C)(C)C)C3CCC(F)(F)CC3)nc2c1. The quantitative estimate of drug-likeness (QED) is 0.422. The first kappa shape index (κ1) is 26.7. The minimum absolute atomic E-state index is 0.165. The summed E-state index contributed by atoms with van der Waals surface area (Å²) in [6.07, 6.45) is -1.67. The van der Waals surface area contributed by atoms with Crippen molar-refractivity contribution in [2.75, 3.05) is 7.11 Å². The van der Waals surface area contributed by atoms with Gasteiger partial charge in [0.05, 0.1) is 37.2 Å². The van der Waals surface area contributed by atoms with Crippen molar-refractivity contribution in [3.8, 4) is 0 Å². The number of methoxy groups -OCH3 is 1. The number of alkyl halides is 4. The molecular formula is C23H30F4N4O4. The van der Waals surface area contributed by atoms with Gasteiger partial charge in [0.25, 0.3) is 0 Å². The monoisotopic (exact) mass is 502 g/mol. The highest BCUT2D eigenvalue weighted by molar-refractivity contribution is 5.78. The second-order valence-electron chi connectivity index (χ2n) is 9.78. The van der Waals surface area contributed by atoms with Gasteiger partial charge in [-0.1, -0.05) is 0 Å². The molecule has 3 rings (SSSR count). The van der Waals surface area contributed by atoms with Crippen LogP contribution in [0.15, 0.2) is 18.5 Å². The molecule has 12 heteroatoms. The van der Waals surface area contributed by atoms with Gasteiger partial charge in [0.2, 0.25) is 12.3 Å². The molecule has 0 aliphatic heterocycles. The van der Waals surface area contributed by atoms with Gasteiger partial charge < -0.3 is 14.8 Å². The number of carbonyl (C=O) groups excluding carboxylic acids is 2. The zero-order chi connectivity index (χ0) is 26.0. The highest BCUT2D eigenvalue weighted by Gasteiger charge is 2.40. The number of imidazole rings is 1. The zero-order valence-corrected chi connectivity index (χ0v) is 20.1. The predicted octanol–water partition coefficient (Wildman–Crippen LogP) is 5.03. The third-order valence-corrected chi connectivity index (χ3v) is 5.89. The van der Waals surface area contributed by atoms with Gasteiger partial charge in [0.1, 0.15) is 5.60 Å². The van der Waals surface area contributed by atoms with Crippen LogP contribution in [0, 0.1) is 5.92 Å². The highest BCUT2D eigenvalue weighted by atomic mass is 19.3. The van der Waals surface area contributed by atoms with Crippen LogP contribution in [0.3, 0.4) is 0 Å². The van der Waals surface area contributed by atoms with Crippen molar-refractivity contribution in [2.24, 2.45) is 5.92 Å². The molecule has 1 fully saturated rings. The van der Waals surface area contributed by atoms with Gasteiger partial charge in [0, 0.05) is 19.3 Å². The van der Waals surface area contributed by atoms with E-state index in [1.165, 1.54) is 23.0 Å². The lowest BCUT2D eigenvalue weighted by Crippen LogP contribution is -2.40. The second-order valence-corrected chi connectivity index (χ2v) is 9.78. The van der Waals surface area contributed by atoms with E-state index in [1.54, 1.807) is 20.8 Å². The molecule has 0 bridgehead atoms. The van der Waals surface area contributed by atoms with E-state index in [1.807, 2.05) is 0 Å². The molecule has 1 amide bonds. The number of fused-ring (bicyclic) bond motifs is 1. The van der Waals surface area contributed by atoms with Crippen LogP contribution >= 0.6 is 0 Å². The minimum Gasteiger partial charge on any atom is -0.469 e. The fourth-order valence-electron chi connectivity index (χ4n) is 4.20. The van der Waals surface area contributed by atoms with Crippen LogP contribution in [0.4, 0.5) is 22.4 Å². The number of hydrogen-bond donors (Lipinski definition) is 1. The van der Waals surface area contributed by atoms with Crippen molar-refractivity contribution in [1.29, 1.82) is 0 Å². The Morgan fingerprint density at radius 2 is 1.91 bits per heavy atom. The van der Waals surface area contributed by atoms with Crippen LogP contribution in [0.5, 0.6) is 0 Å². The number of esters is 1. The molecule has 1 aliphatic rings. The van der Waals surface area contributed by atoms with Crippen LogP contribution in [-0.4, -0.2) is 51.7 Å². The van der Waals surface area contributed by atoms with Crippen molar-refractivity contribution in [1.82, 2.24) is 19.9 Å². The van der Waals surface area contributed by atoms with E-state index in [9.17, 15) is 27.2 Å². The number of aromatic nitrogens is 3. The maximum Gasteiger partial charge on any atom is 0.408 e. The molecule has 2 aromatic rings. The summed E-state index contributed by atoms with van der Waals surface area (Å²) in [4.78, 5) is 29.1. The van der Waals surface area contributed by atoms with Gasteiger partial charge in [0.15, 0.2) is 5.65 Å². The van der Waals surface area contributed by atoms with Crippen LogP contribution in [-0.2, 0) is 14.3 Å². The number of alkyl carbamates (subject to hydrolysis) is 1. The number of rotatable bonds is 7. The van der Waals surface area contributed by atoms with Gasteiger partial charge in [-0.15, -0.1) is 0 Å². The maximum atomic E-state index is 13.8. The lowest BCUT2D eigenvalue weighted by Gasteiger charge is -2.33. The number of hydrogen-bond acceptors (Lipinski definition) is 6. The van der Waals surface area contributed by atoms with Crippen LogP contribution in [0.25, 0.3) is 5.65 Å². The fourth-order valence-corrected chi connectivity index (χ4v) is 4.20. The predicted molar refractivity (Wildman–Crippen MR) is 117 cm³/mol. The first-order valence-corrected chi connectivity index (χ1v) is 11.4. The van der Waals surface area contributed by atoms with E-state index in [0.717, 1.165) is 7.11 Å². The van der Waals surface area contributed by atoms with Crippen molar-refractivity contribution in [3.05, 3.63) is 29.7 Å². The summed E-state index contributed by atoms with van der Waals surface area (Å²) >= 11 is 0. The van der Waals surface area contributed by atoms with Gasteiger partial charge in [-0.25, -0.2) is 31.9 Å². The Morgan fingerprint density at radius 3 is 2.49 bits per heavy atom. The van der Waals surface area contributed by atoms with E-state index in [-0.39, 0.29) is 42.8 Å². The lowest BCUT2D eigenvalue weighted by molar-refractivity contribution is -0.143. The van der Waals surface area contributed by atoms with E-state index in [2.05, 4.69) is 20.1 Å². The largest absolute Gasteiger partial charge is 0.469 e. The molecule has 1 saturated carbocycles. The molecular weight excluding hydrogens is 472 g/mol. The van der Waals surface area contributed by atoms with Crippen molar-refractivity contribution < 1.29 is 36.6 Å². The van der Waals surface area contributed by atoms with Crippen LogP contribution in [0.2, 0.25) is 0 Å². The number of halogens is 4. The number of carbonyl (C=O) groups is 2. The van der Waals surface area contributed by atoms with E-state index in [4.69, 9.17) is 4.74 Å². The fraction of sp³-hybridized carbons (Fsp3) is 0.652. The van der Waals surface area contributed by atoms with E-state index in [0.29, 0.717) is 5.69 Å². The van der Waals surface area contributed by atoms with Gasteiger partial charge in [-0.3, -0.25) is 4.79 Å². The number of ether oxygens (including phenoxy) is 2. The topological polar surface area (TPSA) is 94.8 Å². The second kappa shape index (κ2) is 10.4. The minimum atomic E-state index is -2.75. The summed E-state index contributed by atoms with van der Waals surface area (Å²) in [5.74, 6) is -5.13. The maximum absolute atomic E-state index is 13.8. The smallest absolute Gasteiger partial charge is 0.408 e. The molecule has 194 valence electrons. The molecule has 8 nitrogen and oxygen atoms in total. The number of nitrogens with one attached hydrogen (secondary N) is 1. The summed E-state index contributed by atoms with van der Waals surface area (Å²) in [7, 11) is 1.11. The first-order valence-electron chi connectivity index (χ1n) is 11.4. The molecule has 1 aliphatic carbocycles.